The lowest BCUT2D eigenvalue weighted by molar-refractivity contribution is -0.275. The predicted octanol–water partition coefficient (Wildman–Crippen LogP) is 4.60. The second kappa shape index (κ2) is 9.54. The van der Waals surface area contributed by atoms with Gasteiger partial charge in [0.05, 0.1) is 6.04 Å². The summed E-state index contributed by atoms with van der Waals surface area (Å²) in [6, 6.07) is 4.01. The number of hydrogen-bond donors (Lipinski definition) is 1. The van der Waals surface area contributed by atoms with Crippen molar-refractivity contribution < 1.29 is 32.0 Å². The molecule has 1 aromatic heterocycles. The molecule has 2 aromatic rings. The zero-order valence-corrected chi connectivity index (χ0v) is 18.3. The van der Waals surface area contributed by atoms with Crippen LogP contribution < -0.4 is 10.1 Å². The molecule has 0 saturated carbocycles. The van der Waals surface area contributed by atoms with Gasteiger partial charge in [0, 0.05) is 5.56 Å². The van der Waals surface area contributed by atoms with Crippen molar-refractivity contribution in [3.63, 3.8) is 0 Å². The fraction of sp³-hybridized carbons (Fsp3) is 0.550. The van der Waals surface area contributed by atoms with Crippen LogP contribution in [0.2, 0.25) is 0 Å². The molecule has 1 aromatic carbocycles. The summed E-state index contributed by atoms with van der Waals surface area (Å²) in [6.45, 7) is 6.92. The van der Waals surface area contributed by atoms with Gasteiger partial charge in [-0.3, -0.25) is 4.90 Å². The highest BCUT2D eigenvalue weighted by atomic mass is 19.4. The summed E-state index contributed by atoms with van der Waals surface area (Å²) in [7, 11) is 3.67. The lowest BCUT2D eigenvalue weighted by atomic mass is 10.1. The van der Waals surface area contributed by atoms with Gasteiger partial charge in [-0.1, -0.05) is 30.3 Å². The Morgan fingerprint density at radius 2 is 1.87 bits per heavy atom. The predicted molar refractivity (Wildman–Crippen MR) is 105 cm³/mol. The molecular formula is C20H27F3N4O4. The van der Waals surface area contributed by atoms with Gasteiger partial charge in [-0.05, 0) is 47.4 Å². The van der Waals surface area contributed by atoms with E-state index in [2.05, 4.69) is 20.2 Å². The fourth-order valence-corrected chi connectivity index (χ4v) is 2.90. The fourth-order valence-electron chi connectivity index (χ4n) is 2.90. The van der Waals surface area contributed by atoms with Crippen molar-refractivity contribution in [3.8, 4) is 5.75 Å². The monoisotopic (exact) mass is 444 g/mol. The van der Waals surface area contributed by atoms with Crippen LogP contribution in [-0.4, -0.2) is 47.2 Å². The van der Waals surface area contributed by atoms with Crippen molar-refractivity contribution in [3.05, 3.63) is 41.5 Å². The van der Waals surface area contributed by atoms with E-state index in [1.54, 1.807) is 20.8 Å². The molecule has 31 heavy (non-hydrogen) atoms. The molecule has 2 unspecified atom stereocenters. The SMILES string of the molecule is CCC(c1nc(C(NC(=O)OC(C)(C)C)c2ccccc2OC(F)(F)F)no1)N(C)C. The summed E-state index contributed by atoms with van der Waals surface area (Å²) >= 11 is 0. The van der Waals surface area contributed by atoms with Crippen LogP contribution in [0.5, 0.6) is 5.75 Å². The van der Waals surface area contributed by atoms with Crippen molar-refractivity contribution in [1.82, 2.24) is 20.4 Å². The number of halogens is 3. The molecule has 0 aliphatic heterocycles. The third kappa shape index (κ3) is 7.12. The molecule has 0 saturated heterocycles. The van der Waals surface area contributed by atoms with E-state index >= 15 is 0 Å². The number of hydrogen-bond acceptors (Lipinski definition) is 7. The normalized spacial score (nSPS) is 14.3. The van der Waals surface area contributed by atoms with Crippen molar-refractivity contribution in [2.24, 2.45) is 0 Å². The number of rotatable bonds is 7. The maximum atomic E-state index is 12.9. The molecule has 0 aliphatic carbocycles. The molecule has 2 atom stereocenters. The minimum absolute atomic E-state index is 0.00376. The summed E-state index contributed by atoms with van der Waals surface area (Å²) in [6.07, 6.45) is -5.12. The Labute approximate surface area is 178 Å². The number of nitrogens with one attached hydrogen (secondary N) is 1. The summed E-state index contributed by atoms with van der Waals surface area (Å²) < 4.78 is 53.5. The molecule has 0 spiro atoms. The van der Waals surface area contributed by atoms with E-state index in [9.17, 15) is 18.0 Å². The smallest absolute Gasteiger partial charge is 0.444 e. The molecule has 1 N–H and O–H groups in total. The Kier molecular flexibility index (Phi) is 7.53. The van der Waals surface area contributed by atoms with E-state index in [0.29, 0.717) is 6.42 Å². The molecule has 0 bridgehead atoms. The van der Waals surface area contributed by atoms with Crippen LogP contribution in [0.3, 0.4) is 0 Å². The second-order valence-corrected chi connectivity index (χ2v) is 8.04. The maximum absolute atomic E-state index is 12.9. The van der Waals surface area contributed by atoms with Crippen LogP contribution in [0.25, 0.3) is 0 Å². The molecule has 172 valence electrons. The van der Waals surface area contributed by atoms with Gasteiger partial charge in [0.2, 0.25) is 5.89 Å². The second-order valence-electron chi connectivity index (χ2n) is 8.04. The first-order valence-electron chi connectivity index (χ1n) is 9.65. The van der Waals surface area contributed by atoms with Crippen LogP contribution in [-0.2, 0) is 4.74 Å². The first-order valence-corrected chi connectivity index (χ1v) is 9.65. The largest absolute Gasteiger partial charge is 0.573 e. The summed E-state index contributed by atoms with van der Waals surface area (Å²) in [4.78, 5) is 18.6. The number of alkyl halides is 3. The highest BCUT2D eigenvalue weighted by Crippen LogP contribution is 2.33. The van der Waals surface area contributed by atoms with Gasteiger partial charge in [-0.15, -0.1) is 13.2 Å². The molecule has 1 heterocycles. The van der Waals surface area contributed by atoms with Crippen LogP contribution in [0.4, 0.5) is 18.0 Å². The van der Waals surface area contributed by atoms with Gasteiger partial charge in [-0.25, -0.2) is 4.79 Å². The van der Waals surface area contributed by atoms with Crippen molar-refractivity contribution >= 4 is 6.09 Å². The minimum Gasteiger partial charge on any atom is -0.444 e. The average Bonchev–Trinajstić information content (AvgIpc) is 3.07. The number of para-hydroxylation sites is 1. The molecule has 1 amide bonds. The van der Waals surface area contributed by atoms with Gasteiger partial charge in [-0.2, -0.15) is 4.98 Å². The minimum atomic E-state index is -4.92. The van der Waals surface area contributed by atoms with E-state index in [-0.39, 0.29) is 23.3 Å². The molecule has 0 fully saturated rings. The molecule has 11 heteroatoms. The summed E-state index contributed by atoms with van der Waals surface area (Å²) in [5.41, 5.74) is -0.826. The van der Waals surface area contributed by atoms with Crippen molar-refractivity contribution in [2.75, 3.05) is 14.1 Å². The Balaban J connectivity index is 2.49. The zero-order valence-electron chi connectivity index (χ0n) is 18.3. The molecule has 0 aliphatic rings. The Bertz CT molecular complexity index is 878. The van der Waals surface area contributed by atoms with Crippen LogP contribution in [0.15, 0.2) is 28.8 Å². The summed E-state index contributed by atoms with van der Waals surface area (Å²) in [5, 5.41) is 6.44. The number of ether oxygens (including phenoxy) is 2. The van der Waals surface area contributed by atoms with E-state index in [0.717, 1.165) is 6.07 Å². The van der Waals surface area contributed by atoms with Crippen LogP contribution >= 0.6 is 0 Å². The number of benzene rings is 1. The molecular weight excluding hydrogens is 417 g/mol. The highest BCUT2D eigenvalue weighted by Gasteiger charge is 2.35. The van der Waals surface area contributed by atoms with Crippen LogP contribution in [0.1, 0.15) is 63.5 Å². The van der Waals surface area contributed by atoms with Gasteiger partial charge >= 0.3 is 12.5 Å². The van der Waals surface area contributed by atoms with Gasteiger partial charge < -0.3 is 19.3 Å². The number of alkyl carbamates (subject to hydrolysis) is 1. The topological polar surface area (TPSA) is 89.7 Å². The van der Waals surface area contributed by atoms with Crippen LogP contribution in [0, 0.1) is 0 Å². The Hall–Kier alpha value is -2.82. The quantitative estimate of drug-likeness (QED) is 0.668. The lowest BCUT2D eigenvalue weighted by Crippen LogP contribution is -2.36. The summed E-state index contributed by atoms with van der Waals surface area (Å²) in [5.74, 6) is -0.255. The first-order chi connectivity index (χ1) is 14.3. The number of carbonyl (C=O) groups is 1. The van der Waals surface area contributed by atoms with E-state index in [1.807, 2.05) is 25.9 Å². The number of aromatic nitrogens is 2. The number of carbonyl (C=O) groups excluding carboxylic acids is 1. The van der Waals surface area contributed by atoms with Gasteiger partial charge in [0.25, 0.3) is 0 Å². The first kappa shape index (κ1) is 24.4. The average molecular weight is 444 g/mol. The molecule has 2 rings (SSSR count). The van der Waals surface area contributed by atoms with Crippen molar-refractivity contribution in [1.29, 1.82) is 0 Å². The Morgan fingerprint density at radius 1 is 1.23 bits per heavy atom. The lowest BCUT2D eigenvalue weighted by Gasteiger charge is -2.24. The standard InChI is InChI=1S/C20H27F3N4O4/c1-7-13(27(5)6)17-25-16(26-31-17)15(24-18(28)30-19(2,3)4)12-10-8-9-11-14(12)29-20(21,22)23/h8-11,13,15H,7H2,1-6H3,(H,24,28). The van der Waals surface area contributed by atoms with E-state index < -0.39 is 29.8 Å². The van der Waals surface area contributed by atoms with E-state index in [4.69, 9.17) is 9.26 Å². The Morgan fingerprint density at radius 3 is 2.42 bits per heavy atom. The zero-order chi connectivity index (χ0) is 23.4. The molecule has 0 radical (unpaired) electrons. The van der Waals surface area contributed by atoms with Gasteiger partial charge in [0.1, 0.15) is 17.4 Å². The molecule has 8 nitrogen and oxygen atoms in total. The third-order valence-electron chi connectivity index (χ3n) is 4.13. The third-order valence-corrected chi connectivity index (χ3v) is 4.13. The van der Waals surface area contributed by atoms with Gasteiger partial charge in [0.15, 0.2) is 5.82 Å². The van der Waals surface area contributed by atoms with E-state index in [1.165, 1.54) is 18.2 Å². The maximum Gasteiger partial charge on any atom is 0.573 e. The number of amides is 1. The number of nitrogens with zero attached hydrogens (tertiary/aromatic N) is 3. The van der Waals surface area contributed by atoms with Crippen molar-refractivity contribution in [2.45, 2.75) is 58.2 Å². The highest BCUT2D eigenvalue weighted by molar-refractivity contribution is 5.69.